The maximum atomic E-state index is 13.4. The Morgan fingerprint density at radius 1 is 1.04 bits per heavy atom. The van der Waals surface area contributed by atoms with Crippen LogP contribution >= 0.6 is 0 Å². The normalized spacial score (nSPS) is 15.8. The summed E-state index contributed by atoms with van der Waals surface area (Å²) in [5.74, 6) is -16.0. The molecule has 0 saturated carbocycles. The Morgan fingerprint density at radius 2 is 1.46 bits per heavy atom. The molecule has 0 aliphatic carbocycles. The molecule has 0 spiro atoms. The van der Waals surface area contributed by atoms with Crippen molar-refractivity contribution in [2.75, 3.05) is 6.61 Å². The average molecular weight is 396 g/mol. The number of hydrogen-bond donors (Lipinski definition) is 0. The van der Waals surface area contributed by atoms with Crippen LogP contribution < -0.4 is 0 Å². The highest BCUT2D eigenvalue weighted by Crippen LogP contribution is 2.55. The molecule has 0 amide bonds. The second-order valence-corrected chi connectivity index (χ2v) is 6.76. The lowest BCUT2D eigenvalue weighted by Gasteiger charge is -2.34. The molecule has 0 fully saturated rings. The summed E-state index contributed by atoms with van der Waals surface area (Å²) in [5.41, 5.74) is 0. The fourth-order valence-corrected chi connectivity index (χ4v) is 2.38. The van der Waals surface area contributed by atoms with Gasteiger partial charge in [-0.3, -0.25) is 0 Å². The molecule has 142 valence electrons. The van der Waals surface area contributed by atoms with E-state index >= 15 is 0 Å². The van der Waals surface area contributed by atoms with Gasteiger partial charge in [0.05, 0.1) is 5.25 Å². The highest BCUT2D eigenvalue weighted by molar-refractivity contribution is 7.93. The van der Waals surface area contributed by atoms with Crippen LogP contribution in [0.15, 0.2) is 12.7 Å². The predicted octanol–water partition coefficient (Wildman–Crippen LogP) is 2.94. The molecule has 0 aromatic carbocycles. The summed E-state index contributed by atoms with van der Waals surface area (Å²) in [6, 6.07) is 0. The number of sulfone groups is 1. The van der Waals surface area contributed by atoms with Gasteiger partial charge in [0.15, 0.2) is 0 Å². The minimum absolute atomic E-state index is 0.251. The molecule has 0 aromatic rings. The summed E-state index contributed by atoms with van der Waals surface area (Å²) >= 11 is 0. The molecular weight excluding hydrogens is 387 g/mol. The highest BCUT2D eigenvalue weighted by atomic mass is 32.2. The highest BCUT2D eigenvalue weighted by Gasteiger charge is 2.85. The zero-order chi connectivity index (χ0) is 19.8. The van der Waals surface area contributed by atoms with Crippen LogP contribution in [0, 0.1) is 0 Å². The topological polar surface area (TPSA) is 60.4 Å². The minimum atomic E-state index is -7.34. The summed E-state index contributed by atoms with van der Waals surface area (Å²) in [5, 5.41) is -9.52. The van der Waals surface area contributed by atoms with Crippen LogP contribution in [0.5, 0.6) is 0 Å². The Labute approximate surface area is 129 Å². The van der Waals surface area contributed by atoms with Gasteiger partial charge in [0, 0.05) is 6.08 Å². The molecular formula is C10H9F9O4S. The van der Waals surface area contributed by atoms with Gasteiger partial charge in [-0.15, -0.1) is 0 Å². The number of ether oxygens (including phenoxy) is 1. The van der Waals surface area contributed by atoms with Gasteiger partial charge in [-0.05, 0) is 6.92 Å². The van der Waals surface area contributed by atoms with Gasteiger partial charge in [0.25, 0.3) is 0 Å². The first-order valence-electron chi connectivity index (χ1n) is 5.60. The van der Waals surface area contributed by atoms with Crippen molar-refractivity contribution < 1.29 is 57.5 Å². The summed E-state index contributed by atoms with van der Waals surface area (Å²) in [6.45, 7) is 1.58. The van der Waals surface area contributed by atoms with Crippen LogP contribution in [-0.2, 0) is 19.4 Å². The molecule has 4 nitrogen and oxygen atoms in total. The smallest absolute Gasteiger partial charge is 0.460 e. The molecule has 1 unspecified atom stereocenters. The number of carbonyl (C=O) groups is 1. The van der Waals surface area contributed by atoms with E-state index in [1.165, 1.54) is 0 Å². The molecule has 0 bridgehead atoms. The number of rotatable bonds is 7. The van der Waals surface area contributed by atoms with Crippen molar-refractivity contribution in [1.29, 1.82) is 0 Å². The van der Waals surface area contributed by atoms with Crippen molar-refractivity contribution in [3.8, 4) is 0 Å². The van der Waals surface area contributed by atoms with Crippen molar-refractivity contribution in [2.45, 2.75) is 35.4 Å². The number of hydrogen-bond acceptors (Lipinski definition) is 4. The zero-order valence-electron chi connectivity index (χ0n) is 11.5. The molecule has 0 saturated heterocycles. The van der Waals surface area contributed by atoms with Crippen molar-refractivity contribution in [3.05, 3.63) is 12.7 Å². The second-order valence-electron chi connectivity index (χ2n) is 4.35. The molecule has 0 aromatic heterocycles. The van der Waals surface area contributed by atoms with E-state index in [2.05, 4.69) is 11.3 Å². The Bertz CT molecular complexity index is 594. The summed E-state index contributed by atoms with van der Waals surface area (Å²) < 4.78 is 141. The van der Waals surface area contributed by atoms with Crippen LogP contribution in [-0.4, -0.2) is 49.5 Å². The molecule has 0 N–H and O–H groups in total. The first-order valence-corrected chi connectivity index (χ1v) is 7.15. The van der Waals surface area contributed by atoms with E-state index in [4.69, 9.17) is 0 Å². The first kappa shape index (κ1) is 22.5. The number of alkyl halides is 9. The average Bonchev–Trinajstić information content (AvgIpc) is 2.42. The molecule has 1 atom stereocenters. The second kappa shape index (κ2) is 6.44. The molecule has 0 radical (unpaired) electrons. The third kappa shape index (κ3) is 3.47. The van der Waals surface area contributed by atoms with Gasteiger partial charge >= 0.3 is 29.2 Å². The Balaban J connectivity index is 5.85. The van der Waals surface area contributed by atoms with Gasteiger partial charge < -0.3 is 4.74 Å². The fourth-order valence-electron chi connectivity index (χ4n) is 1.14. The lowest BCUT2D eigenvalue weighted by molar-refractivity contribution is -0.382. The number of esters is 1. The number of halogens is 9. The molecule has 0 rings (SSSR count). The molecule has 14 heteroatoms. The minimum Gasteiger partial charge on any atom is -0.461 e. The Hall–Kier alpha value is -1.47. The van der Waals surface area contributed by atoms with E-state index in [0.29, 0.717) is 6.08 Å². The standard InChI is InChI=1S/C10H9F9O4S/c1-3-6(20)23-4-5(2)24(21,22)10(18,19)8(13,14)7(11,12)9(15,16)17/h3,5H,1,4H2,2H3. The lowest BCUT2D eigenvalue weighted by Crippen LogP contribution is -2.64. The van der Waals surface area contributed by atoms with Gasteiger partial charge in [-0.1, -0.05) is 6.58 Å². The van der Waals surface area contributed by atoms with Crippen LogP contribution in [0.2, 0.25) is 0 Å². The van der Waals surface area contributed by atoms with Crippen LogP contribution in [0.25, 0.3) is 0 Å². The van der Waals surface area contributed by atoms with E-state index in [-0.39, 0.29) is 6.92 Å². The maximum absolute atomic E-state index is 13.4. The Kier molecular flexibility index (Phi) is 6.05. The van der Waals surface area contributed by atoms with E-state index in [1.54, 1.807) is 0 Å². The molecule has 24 heavy (non-hydrogen) atoms. The third-order valence-corrected chi connectivity index (χ3v) is 4.80. The van der Waals surface area contributed by atoms with Crippen LogP contribution in [0.4, 0.5) is 39.5 Å². The molecule has 0 heterocycles. The molecule has 0 aliphatic heterocycles. The zero-order valence-corrected chi connectivity index (χ0v) is 12.3. The monoisotopic (exact) mass is 396 g/mol. The van der Waals surface area contributed by atoms with E-state index in [1.807, 2.05) is 0 Å². The van der Waals surface area contributed by atoms with E-state index < -0.39 is 50.9 Å². The van der Waals surface area contributed by atoms with Crippen molar-refractivity contribution >= 4 is 15.8 Å². The van der Waals surface area contributed by atoms with E-state index in [0.717, 1.165) is 0 Å². The summed E-state index contributed by atoms with van der Waals surface area (Å²) in [7, 11) is -6.62. The first-order chi connectivity index (χ1) is 10.4. The summed E-state index contributed by atoms with van der Waals surface area (Å²) in [4.78, 5) is 10.6. The summed E-state index contributed by atoms with van der Waals surface area (Å²) in [6.07, 6.45) is -6.71. The van der Waals surface area contributed by atoms with Crippen molar-refractivity contribution in [3.63, 3.8) is 0 Å². The molecule has 0 aliphatic rings. The lowest BCUT2D eigenvalue weighted by atomic mass is 10.1. The van der Waals surface area contributed by atoms with Crippen molar-refractivity contribution in [1.82, 2.24) is 0 Å². The maximum Gasteiger partial charge on any atom is 0.460 e. The van der Waals surface area contributed by atoms with Gasteiger partial charge in [-0.2, -0.15) is 39.5 Å². The fraction of sp³-hybridized carbons (Fsp3) is 0.700. The number of carbonyl (C=O) groups excluding carboxylic acids is 1. The quantitative estimate of drug-likeness (QED) is 0.377. The van der Waals surface area contributed by atoms with Gasteiger partial charge in [0.1, 0.15) is 6.61 Å². The third-order valence-electron chi connectivity index (χ3n) is 2.63. The van der Waals surface area contributed by atoms with E-state index in [9.17, 15) is 52.7 Å². The SMILES string of the molecule is C=CC(=O)OCC(C)S(=O)(=O)C(F)(F)C(F)(F)C(F)(F)C(F)(F)F. The largest absolute Gasteiger partial charge is 0.461 e. The van der Waals surface area contributed by atoms with Crippen LogP contribution in [0.1, 0.15) is 6.92 Å². The van der Waals surface area contributed by atoms with Gasteiger partial charge in [0.2, 0.25) is 9.84 Å². The Morgan fingerprint density at radius 3 is 1.79 bits per heavy atom. The van der Waals surface area contributed by atoms with Crippen molar-refractivity contribution in [2.24, 2.45) is 0 Å². The van der Waals surface area contributed by atoms with Gasteiger partial charge in [-0.25, -0.2) is 13.2 Å². The predicted molar refractivity (Wildman–Crippen MR) is 60.4 cm³/mol. The van der Waals surface area contributed by atoms with Crippen LogP contribution in [0.3, 0.4) is 0 Å².